The van der Waals surface area contributed by atoms with E-state index in [1.807, 2.05) is 65.3 Å². The molecule has 1 unspecified atom stereocenters. The van der Waals surface area contributed by atoms with Crippen LogP contribution in [0.2, 0.25) is 0 Å². The van der Waals surface area contributed by atoms with Gasteiger partial charge in [-0.1, -0.05) is 36.4 Å². The van der Waals surface area contributed by atoms with Crippen molar-refractivity contribution < 1.29 is 0 Å². The third kappa shape index (κ3) is 1.70. The predicted molar refractivity (Wildman–Crippen MR) is 67.7 cm³/mol. The number of nitrogens with two attached hydrogens (primary N) is 1. The third-order valence-electron chi connectivity index (χ3n) is 2.92. The number of benzene rings is 1. The zero-order valence-corrected chi connectivity index (χ0v) is 9.32. The molecule has 1 atom stereocenters. The molecule has 0 aliphatic rings. The van der Waals surface area contributed by atoms with Crippen LogP contribution >= 0.6 is 0 Å². The quantitative estimate of drug-likeness (QED) is 0.724. The first-order valence-electron chi connectivity index (χ1n) is 5.59. The molecule has 3 nitrogen and oxygen atoms in total. The van der Waals surface area contributed by atoms with E-state index < -0.39 is 0 Å². The minimum Gasteiger partial charge on any atom is -0.319 e. The zero-order chi connectivity index (χ0) is 11.7. The molecule has 0 saturated heterocycles. The van der Waals surface area contributed by atoms with Crippen molar-refractivity contribution in [2.75, 3.05) is 0 Å². The summed E-state index contributed by atoms with van der Waals surface area (Å²) >= 11 is 0. The molecule has 2 N–H and O–H groups in total. The van der Waals surface area contributed by atoms with Gasteiger partial charge in [-0.25, -0.2) is 4.98 Å². The highest BCUT2D eigenvalue weighted by Crippen LogP contribution is 2.20. The molecule has 17 heavy (non-hydrogen) atoms. The van der Waals surface area contributed by atoms with Crippen LogP contribution in [-0.4, -0.2) is 9.38 Å². The summed E-state index contributed by atoms with van der Waals surface area (Å²) in [6.45, 7) is 0. The average Bonchev–Trinajstić information content (AvgIpc) is 2.83. The topological polar surface area (TPSA) is 43.3 Å². The van der Waals surface area contributed by atoms with Gasteiger partial charge in [-0.05, 0) is 17.7 Å². The molecule has 0 amide bonds. The van der Waals surface area contributed by atoms with E-state index in [1.165, 1.54) is 0 Å². The van der Waals surface area contributed by atoms with Gasteiger partial charge in [-0.15, -0.1) is 0 Å². The molecular weight excluding hydrogens is 210 g/mol. The first-order chi connectivity index (χ1) is 8.36. The Hall–Kier alpha value is -2.13. The second kappa shape index (κ2) is 4.03. The fourth-order valence-electron chi connectivity index (χ4n) is 2.01. The number of rotatable bonds is 2. The van der Waals surface area contributed by atoms with Gasteiger partial charge in [-0.3, -0.25) is 0 Å². The second-order valence-corrected chi connectivity index (χ2v) is 4.00. The van der Waals surface area contributed by atoms with Crippen LogP contribution in [0.15, 0.2) is 60.9 Å². The van der Waals surface area contributed by atoms with E-state index in [1.54, 1.807) is 0 Å². The van der Waals surface area contributed by atoms with Crippen molar-refractivity contribution in [1.29, 1.82) is 0 Å². The molecule has 3 aromatic rings. The summed E-state index contributed by atoms with van der Waals surface area (Å²) in [4.78, 5) is 4.35. The number of aromatic nitrogens is 2. The smallest absolute Gasteiger partial charge is 0.136 e. The first-order valence-corrected chi connectivity index (χ1v) is 5.59. The van der Waals surface area contributed by atoms with E-state index in [9.17, 15) is 0 Å². The maximum absolute atomic E-state index is 6.27. The van der Waals surface area contributed by atoms with Gasteiger partial charge in [0.1, 0.15) is 5.65 Å². The number of nitrogens with zero attached hydrogens (tertiary/aromatic N) is 2. The molecule has 0 saturated carbocycles. The Morgan fingerprint density at radius 3 is 2.59 bits per heavy atom. The summed E-state index contributed by atoms with van der Waals surface area (Å²) in [6.07, 6.45) is 3.83. The number of hydrogen-bond donors (Lipinski definition) is 1. The molecule has 0 fully saturated rings. The number of imidazole rings is 1. The largest absolute Gasteiger partial charge is 0.319 e. The minimum absolute atomic E-state index is 0.145. The van der Waals surface area contributed by atoms with Gasteiger partial charge in [0.25, 0.3) is 0 Å². The van der Waals surface area contributed by atoms with Gasteiger partial charge in [0.15, 0.2) is 0 Å². The fraction of sp³-hybridized carbons (Fsp3) is 0.0714. The highest BCUT2D eigenvalue weighted by molar-refractivity contribution is 5.42. The van der Waals surface area contributed by atoms with Crippen LogP contribution in [0.5, 0.6) is 0 Å². The van der Waals surface area contributed by atoms with Gasteiger partial charge in [0.05, 0.1) is 17.9 Å². The van der Waals surface area contributed by atoms with Gasteiger partial charge >= 0.3 is 0 Å². The van der Waals surface area contributed by atoms with Crippen LogP contribution in [0.25, 0.3) is 5.65 Å². The van der Waals surface area contributed by atoms with E-state index in [0.29, 0.717) is 0 Å². The molecule has 0 radical (unpaired) electrons. The fourth-order valence-corrected chi connectivity index (χ4v) is 2.01. The zero-order valence-electron chi connectivity index (χ0n) is 9.32. The highest BCUT2D eigenvalue weighted by atomic mass is 15.0. The lowest BCUT2D eigenvalue weighted by molar-refractivity contribution is 0.815. The minimum atomic E-state index is -0.145. The predicted octanol–water partition coefficient (Wildman–Crippen LogP) is 2.38. The van der Waals surface area contributed by atoms with Crippen molar-refractivity contribution in [1.82, 2.24) is 9.38 Å². The lowest BCUT2D eigenvalue weighted by atomic mass is 10.1. The van der Waals surface area contributed by atoms with Crippen LogP contribution in [0.1, 0.15) is 17.3 Å². The van der Waals surface area contributed by atoms with Crippen molar-refractivity contribution in [3.8, 4) is 0 Å². The van der Waals surface area contributed by atoms with Crippen molar-refractivity contribution in [2.45, 2.75) is 6.04 Å². The van der Waals surface area contributed by atoms with Crippen molar-refractivity contribution in [3.05, 3.63) is 72.2 Å². The molecule has 0 spiro atoms. The monoisotopic (exact) mass is 223 g/mol. The Morgan fingerprint density at radius 2 is 1.76 bits per heavy atom. The van der Waals surface area contributed by atoms with Crippen molar-refractivity contribution in [2.24, 2.45) is 5.73 Å². The number of hydrogen-bond acceptors (Lipinski definition) is 2. The Labute approximate surface area is 99.5 Å². The molecule has 0 aliphatic carbocycles. The van der Waals surface area contributed by atoms with Crippen LogP contribution in [0.3, 0.4) is 0 Å². The summed E-state index contributed by atoms with van der Waals surface area (Å²) in [5.74, 6) is 0. The maximum Gasteiger partial charge on any atom is 0.136 e. The van der Waals surface area contributed by atoms with Gasteiger partial charge in [-0.2, -0.15) is 0 Å². The van der Waals surface area contributed by atoms with E-state index in [-0.39, 0.29) is 6.04 Å². The van der Waals surface area contributed by atoms with Crippen LogP contribution in [-0.2, 0) is 0 Å². The molecule has 1 aromatic carbocycles. The maximum atomic E-state index is 6.27. The Balaban J connectivity index is 2.10. The highest BCUT2D eigenvalue weighted by Gasteiger charge is 2.12. The molecule has 0 aliphatic heterocycles. The molecule has 0 bridgehead atoms. The molecule has 84 valence electrons. The van der Waals surface area contributed by atoms with Gasteiger partial charge < -0.3 is 10.1 Å². The molecule has 3 heteroatoms. The second-order valence-electron chi connectivity index (χ2n) is 4.00. The van der Waals surface area contributed by atoms with E-state index in [4.69, 9.17) is 5.73 Å². The summed E-state index contributed by atoms with van der Waals surface area (Å²) < 4.78 is 2.03. The van der Waals surface area contributed by atoms with Gasteiger partial charge in [0, 0.05) is 6.20 Å². The lowest BCUT2D eigenvalue weighted by Crippen LogP contribution is -2.13. The van der Waals surface area contributed by atoms with E-state index >= 15 is 0 Å². The van der Waals surface area contributed by atoms with Crippen LogP contribution in [0.4, 0.5) is 0 Å². The number of fused-ring (bicyclic) bond motifs is 1. The summed E-state index contributed by atoms with van der Waals surface area (Å²) in [5.41, 5.74) is 9.29. The Bertz CT molecular complexity index is 628. The first kappa shape index (κ1) is 10.1. The normalized spacial score (nSPS) is 12.8. The molecule has 3 rings (SSSR count). The molecule has 2 aromatic heterocycles. The van der Waals surface area contributed by atoms with Crippen LogP contribution in [0, 0.1) is 0 Å². The average molecular weight is 223 g/mol. The Kier molecular flexibility index (Phi) is 2.38. The van der Waals surface area contributed by atoms with Crippen LogP contribution < -0.4 is 5.73 Å². The van der Waals surface area contributed by atoms with E-state index in [0.717, 1.165) is 16.9 Å². The molecule has 2 heterocycles. The summed E-state index contributed by atoms with van der Waals surface area (Å²) in [5, 5.41) is 0. The standard InChI is InChI=1S/C14H13N3/c15-14(11-6-2-1-3-7-11)12-10-16-13-8-4-5-9-17(12)13/h1-10,14H,15H2. The Morgan fingerprint density at radius 1 is 1.00 bits per heavy atom. The summed E-state index contributed by atoms with van der Waals surface area (Å²) in [7, 11) is 0. The molecular formula is C14H13N3. The van der Waals surface area contributed by atoms with Crippen molar-refractivity contribution in [3.63, 3.8) is 0 Å². The third-order valence-corrected chi connectivity index (χ3v) is 2.92. The van der Waals surface area contributed by atoms with E-state index in [2.05, 4.69) is 4.98 Å². The van der Waals surface area contributed by atoms with Gasteiger partial charge in [0.2, 0.25) is 0 Å². The van der Waals surface area contributed by atoms with Crippen molar-refractivity contribution >= 4 is 5.65 Å². The summed E-state index contributed by atoms with van der Waals surface area (Å²) in [6, 6.07) is 15.8. The number of pyridine rings is 1. The lowest BCUT2D eigenvalue weighted by Gasteiger charge is -2.11. The SMILES string of the molecule is NC(c1ccccc1)c1cnc2ccccn12.